The molecule has 0 aliphatic carbocycles. The second-order valence-electron chi connectivity index (χ2n) is 4.92. The summed E-state index contributed by atoms with van der Waals surface area (Å²) in [7, 11) is 0. The third-order valence-electron chi connectivity index (χ3n) is 2.91. The molecule has 0 aromatic carbocycles. The van der Waals surface area contributed by atoms with Gasteiger partial charge in [0, 0.05) is 25.7 Å². The van der Waals surface area contributed by atoms with Gasteiger partial charge in [-0.2, -0.15) is 0 Å². The van der Waals surface area contributed by atoms with Crippen molar-refractivity contribution in [1.29, 1.82) is 0 Å². The summed E-state index contributed by atoms with van der Waals surface area (Å²) in [6, 6.07) is 0.209. The van der Waals surface area contributed by atoms with Gasteiger partial charge in [0.2, 0.25) is 5.91 Å². The molecule has 5 heteroatoms. The fourth-order valence-electron chi connectivity index (χ4n) is 2.12. The lowest BCUT2D eigenvalue weighted by Gasteiger charge is -2.21. The molecule has 1 amide bonds. The molecule has 1 aliphatic rings. The predicted octanol–water partition coefficient (Wildman–Crippen LogP) is -0.489. The van der Waals surface area contributed by atoms with Gasteiger partial charge in [-0.15, -0.1) is 0 Å². The number of aliphatic hydroxyl groups is 1. The molecule has 1 fully saturated rings. The molecule has 5 nitrogen and oxygen atoms in total. The van der Waals surface area contributed by atoms with Crippen LogP contribution in [0.4, 0.5) is 0 Å². The first-order valence-corrected chi connectivity index (χ1v) is 6.46. The Hall–Kier alpha value is -0.650. The zero-order valence-electron chi connectivity index (χ0n) is 11.0. The lowest BCUT2D eigenvalue weighted by atomic mass is 10.3. The summed E-state index contributed by atoms with van der Waals surface area (Å²) >= 11 is 0. The topological polar surface area (TPSA) is 55.8 Å². The number of hydrogen-bond acceptors (Lipinski definition) is 4. The summed E-state index contributed by atoms with van der Waals surface area (Å²) in [5.41, 5.74) is 0. The minimum absolute atomic E-state index is 0.107. The molecule has 17 heavy (non-hydrogen) atoms. The molecular formula is C12H25N3O2. The van der Waals surface area contributed by atoms with Crippen molar-refractivity contribution in [2.45, 2.75) is 26.3 Å². The SMILES string of the molecule is CC(C)NC(=O)CN1CCCN(CCO)CC1. The molecule has 2 N–H and O–H groups in total. The number of hydrogen-bond donors (Lipinski definition) is 2. The fourth-order valence-corrected chi connectivity index (χ4v) is 2.12. The van der Waals surface area contributed by atoms with E-state index < -0.39 is 0 Å². The average molecular weight is 243 g/mol. The molecule has 1 heterocycles. The van der Waals surface area contributed by atoms with Gasteiger partial charge in [0.05, 0.1) is 13.2 Å². The lowest BCUT2D eigenvalue weighted by Crippen LogP contribution is -2.41. The van der Waals surface area contributed by atoms with E-state index in [1.54, 1.807) is 0 Å². The van der Waals surface area contributed by atoms with Gasteiger partial charge < -0.3 is 10.4 Å². The molecule has 0 spiro atoms. The Morgan fingerprint density at radius 1 is 1.24 bits per heavy atom. The van der Waals surface area contributed by atoms with Crippen LogP contribution < -0.4 is 5.32 Å². The third-order valence-corrected chi connectivity index (χ3v) is 2.91. The Labute approximate surface area is 104 Å². The van der Waals surface area contributed by atoms with Crippen molar-refractivity contribution in [3.05, 3.63) is 0 Å². The predicted molar refractivity (Wildman–Crippen MR) is 67.9 cm³/mol. The van der Waals surface area contributed by atoms with Crippen LogP contribution in [0.5, 0.6) is 0 Å². The first-order valence-electron chi connectivity index (χ1n) is 6.46. The van der Waals surface area contributed by atoms with Crippen LogP contribution in [-0.2, 0) is 4.79 Å². The van der Waals surface area contributed by atoms with E-state index in [4.69, 9.17) is 5.11 Å². The van der Waals surface area contributed by atoms with Crippen LogP contribution in [0.25, 0.3) is 0 Å². The molecule has 1 saturated heterocycles. The highest BCUT2D eigenvalue weighted by atomic mass is 16.3. The maximum Gasteiger partial charge on any atom is 0.234 e. The number of nitrogens with one attached hydrogen (secondary N) is 1. The molecule has 0 radical (unpaired) electrons. The van der Waals surface area contributed by atoms with Gasteiger partial charge in [0.25, 0.3) is 0 Å². The number of rotatable bonds is 5. The monoisotopic (exact) mass is 243 g/mol. The quantitative estimate of drug-likeness (QED) is 0.684. The van der Waals surface area contributed by atoms with Crippen molar-refractivity contribution in [2.24, 2.45) is 0 Å². The van der Waals surface area contributed by atoms with Gasteiger partial charge in [-0.3, -0.25) is 14.6 Å². The molecule has 0 aromatic heterocycles. The molecule has 0 aromatic rings. The normalized spacial score (nSPS) is 19.3. The molecule has 1 rings (SSSR count). The van der Waals surface area contributed by atoms with E-state index in [0.29, 0.717) is 6.54 Å². The summed E-state index contributed by atoms with van der Waals surface area (Å²) in [4.78, 5) is 16.1. The van der Waals surface area contributed by atoms with Gasteiger partial charge in [-0.1, -0.05) is 0 Å². The summed E-state index contributed by atoms with van der Waals surface area (Å²) in [5, 5.41) is 11.8. The first kappa shape index (κ1) is 14.4. The smallest absolute Gasteiger partial charge is 0.234 e. The standard InChI is InChI=1S/C12H25N3O2/c1-11(2)13-12(17)10-15-5-3-4-14(6-7-15)8-9-16/h11,16H,3-10H2,1-2H3,(H,13,17). The van der Waals surface area contributed by atoms with Crippen LogP contribution in [0.1, 0.15) is 20.3 Å². The molecular weight excluding hydrogens is 218 g/mol. The lowest BCUT2D eigenvalue weighted by molar-refractivity contribution is -0.122. The van der Waals surface area contributed by atoms with E-state index in [2.05, 4.69) is 15.1 Å². The van der Waals surface area contributed by atoms with E-state index in [-0.39, 0.29) is 18.6 Å². The summed E-state index contributed by atoms with van der Waals surface area (Å²) < 4.78 is 0. The third kappa shape index (κ3) is 6.00. The van der Waals surface area contributed by atoms with Crippen molar-refractivity contribution < 1.29 is 9.90 Å². The number of carbonyl (C=O) groups excluding carboxylic acids is 1. The van der Waals surface area contributed by atoms with Crippen LogP contribution in [0.15, 0.2) is 0 Å². The zero-order valence-corrected chi connectivity index (χ0v) is 11.0. The van der Waals surface area contributed by atoms with E-state index >= 15 is 0 Å². The number of aliphatic hydroxyl groups excluding tert-OH is 1. The van der Waals surface area contributed by atoms with E-state index in [0.717, 1.165) is 39.1 Å². The van der Waals surface area contributed by atoms with Crippen molar-refractivity contribution in [2.75, 3.05) is 45.9 Å². The van der Waals surface area contributed by atoms with E-state index in [9.17, 15) is 4.79 Å². The second-order valence-corrected chi connectivity index (χ2v) is 4.92. The fraction of sp³-hybridized carbons (Fsp3) is 0.917. The minimum Gasteiger partial charge on any atom is -0.395 e. The van der Waals surface area contributed by atoms with Crippen LogP contribution in [-0.4, -0.2) is 72.7 Å². The Morgan fingerprint density at radius 2 is 1.88 bits per heavy atom. The summed E-state index contributed by atoms with van der Waals surface area (Å²) in [6.07, 6.45) is 1.06. The zero-order chi connectivity index (χ0) is 12.7. The van der Waals surface area contributed by atoms with Crippen molar-refractivity contribution in [3.8, 4) is 0 Å². The van der Waals surface area contributed by atoms with Crippen LogP contribution >= 0.6 is 0 Å². The Bertz CT molecular complexity index is 234. The number of nitrogens with zero attached hydrogens (tertiary/aromatic N) is 2. The van der Waals surface area contributed by atoms with Crippen molar-refractivity contribution in [3.63, 3.8) is 0 Å². The Morgan fingerprint density at radius 3 is 2.53 bits per heavy atom. The highest BCUT2D eigenvalue weighted by Gasteiger charge is 2.16. The van der Waals surface area contributed by atoms with E-state index in [1.807, 2.05) is 13.8 Å². The van der Waals surface area contributed by atoms with Crippen molar-refractivity contribution in [1.82, 2.24) is 15.1 Å². The van der Waals surface area contributed by atoms with Crippen molar-refractivity contribution >= 4 is 5.91 Å². The van der Waals surface area contributed by atoms with Crippen LogP contribution in [0, 0.1) is 0 Å². The molecule has 0 saturated carbocycles. The average Bonchev–Trinajstić information content (AvgIpc) is 2.43. The number of amides is 1. The summed E-state index contributed by atoms with van der Waals surface area (Å²) in [6.45, 7) is 9.23. The van der Waals surface area contributed by atoms with Gasteiger partial charge in [0.1, 0.15) is 0 Å². The molecule has 0 unspecified atom stereocenters. The maximum atomic E-state index is 11.6. The molecule has 100 valence electrons. The van der Waals surface area contributed by atoms with Gasteiger partial charge in [0.15, 0.2) is 0 Å². The van der Waals surface area contributed by atoms with Gasteiger partial charge >= 0.3 is 0 Å². The van der Waals surface area contributed by atoms with Crippen LogP contribution in [0.3, 0.4) is 0 Å². The second kappa shape index (κ2) is 7.63. The number of β-amino-alcohol motifs (C(OH)–C–C–N with tert-alkyl or cyclic N) is 1. The first-order chi connectivity index (χ1) is 8.11. The van der Waals surface area contributed by atoms with Gasteiger partial charge in [-0.25, -0.2) is 0 Å². The highest BCUT2D eigenvalue weighted by Crippen LogP contribution is 2.02. The maximum absolute atomic E-state index is 11.6. The molecule has 0 bridgehead atoms. The minimum atomic E-state index is 0.107. The number of carbonyl (C=O) groups is 1. The van der Waals surface area contributed by atoms with Gasteiger partial charge in [-0.05, 0) is 33.4 Å². The largest absolute Gasteiger partial charge is 0.395 e. The highest BCUT2D eigenvalue weighted by molar-refractivity contribution is 5.78. The molecule has 0 atom stereocenters. The van der Waals surface area contributed by atoms with Crippen LogP contribution in [0.2, 0.25) is 0 Å². The van der Waals surface area contributed by atoms with E-state index in [1.165, 1.54) is 0 Å². The Balaban J connectivity index is 2.28. The summed E-state index contributed by atoms with van der Waals surface area (Å²) in [5.74, 6) is 0.107. The molecule has 1 aliphatic heterocycles. The Kier molecular flexibility index (Phi) is 6.47.